The van der Waals surface area contributed by atoms with Gasteiger partial charge in [-0.05, 0) is 13.0 Å². The van der Waals surface area contributed by atoms with Gasteiger partial charge in [-0.2, -0.15) is 5.10 Å². The maximum absolute atomic E-state index is 12.3. The molecule has 1 amide bonds. The molecule has 0 bridgehead atoms. The zero-order chi connectivity index (χ0) is 17.1. The molecule has 1 fully saturated rings. The fourth-order valence-corrected chi connectivity index (χ4v) is 2.48. The van der Waals surface area contributed by atoms with Crippen molar-refractivity contribution in [3.05, 3.63) is 46.6 Å². The standard InChI is InChI=1S/C16H20N4O4/c1-3-20-8-12(7-17-20)24-14-10-23-9-13(14)18-16(22)11-4-5-19(2)15(21)6-11/h4-8,13-14H,3,9-10H2,1-2H3,(H,18,22)/t13-,14+/m0/s1. The van der Waals surface area contributed by atoms with Gasteiger partial charge < -0.3 is 19.4 Å². The van der Waals surface area contributed by atoms with E-state index in [2.05, 4.69) is 10.4 Å². The molecule has 0 aromatic carbocycles. The molecule has 0 aliphatic carbocycles. The molecule has 8 nitrogen and oxygen atoms in total. The monoisotopic (exact) mass is 332 g/mol. The highest BCUT2D eigenvalue weighted by Gasteiger charge is 2.32. The van der Waals surface area contributed by atoms with E-state index in [9.17, 15) is 9.59 Å². The van der Waals surface area contributed by atoms with Crippen LogP contribution in [0.2, 0.25) is 0 Å². The summed E-state index contributed by atoms with van der Waals surface area (Å²) in [7, 11) is 1.63. The molecule has 2 atom stereocenters. The predicted molar refractivity (Wildman–Crippen MR) is 86.1 cm³/mol. The molecule has 1 saturated heterocycles. The van der Waals surface area contributed by atoms with Crippen molar-refractivity contribution in [3.63, 3.8) is 0 Å². The Hall–Kier alpha value is -2.61. The summed E-state index contributed by atoms with van der Waals surface area (Å²) in [5.41, 5.74) is 0.0904. The zero-order valence-electron chi connectivity index (χ0n) is 13.6. The summed E-state index contributed by atoms with van der Waals surface area (Å²) in [6.07, 6.45) is 4.71. The van der Waals surface area contributed by atoms with Crippen LogP contribution >= 0.6 is 0 Å². The van der Waals surface area contributed by atoms with E-state index in [0.717, 1.165) is 6.54 Å². The van der Waals surface area contributed by atoms with Gasteiger partial charge in [-0.15, -0.1) is 0 Å². The number of amides is 1. The highest BCUT2D eigenvalue weighted by molar-refractivity contribution is 5.94. The number of aryl methyl sites for hydroxylation is 2. The van der Waals surface area contributed by atoms with Gasteiger partial charge in [-0.3, -0.25) is 14.3 Å². The Bertz CT molecular complexity index is 782. The van der Waals surface area contributed by atoms with E-state index in [-0.39, 0.29) is 23.6 Å². The molecule has 3 heterocycles. The van der Waals surface area contributed by atoms with Crippen molar-refractivity contribution < 1.29 is 14.3 Å². The van der Waals surface area contributed by atoms with E-state index in [1.807, 2.05) is 6.92 Å². The van der Waals surface area contributed by atoms with Gasteiger partial charge in [0.05, 0.1) is 31.6 Å². The van der Waals surface area contributed by atoms with Crippen molar-refractivity contribution in [2.75, 3.05) is 13.2 Å². The molecule has 8 heteroatoms. The van der Waals surface area contributed by atoms with Crippen LogP contribution < -0.4 is 15.6 Å². The SMILES string of the molecule is CCn1cc(O[C@@H]2COC[C@@H]2NC(=O)c2ccn(C)c(=O)c2)cn1. The van der Waals surface area contributed by atoms with Crippen LogP contribution in [0.4, 0.5) is 0 Å². The summed E-state index contributed by atoms with van der Waals surface area (Å²) in [5, 5.41) is 7.02. The molecule has 1 aliphatic rings. The van der Waals surface area contributed by atoms with Crippen LogP contribution in [0.3, 0.4) is 0 Å². The van der Waals surface area contributed by atoms with Crippen LogP contribution in [-0.4, -0.2) is 45.6 Å². The van der Waals surface area contributed by atoms with Crippen LogP contribution in [0, 0.1) is 0 Å². The van der Waals surface area contributed by atoms with Crippen molar-refractivity contribution in [2.45, 2.75) is 25.6 Å². The van der Waals surface area contributed by atoms with E-state index in [0.29, 0.717) is 24.5 Å². The molecule has 1 N–H and O–H groups in total. The third-order valence-electron chi connectivity index (χ3n) is 3.93. The maximum atomic E-state index is 12.3. The highest BCUT2D eigenvalue weighted by Crippen LogP contribution is 2.17. The molecular weight excluding hydrogens is 312 g/mol. The number of nitrogens with one attached hydrogen (secondary N) is 1. The van der Waals surface area contributed by atoms with Crippen LogP contribution in [0.1, 0.15) is 17.3 Å². The minimum atomic E-state index is -0.318. The molecule has 1 aliphatic heterocycles. The van der Waals surface area contributed by atoms with E-state index >= 15 is 0 Å². The lowest BCUT2D eigenvalue weighted by Crippen LogP contribution is -2.45. The Morgan fingerprint density at radius 1 is 1.50 bits per heavy atom. The maximum Gasteiger partial charge on any atom is 0.251 e. The molecule has 3 rings (SSSR count). The van der Waals surface area contributed by atoms with Gasteiger partial charge in [0.25, 0.3) is 11.5 Å². The first kappa shape index (κ1) is 16.3. The molecule has 0 unspecified atom stereocenters. The van der Waals surface area contributed by atoms with Crippen molar-refractivity contribution >= 4 is 5.91 Å². The topological polar surface area (TPSA) is 87.4 Å². The summed E-state index contributed by atoms with van der Waals surface area (Å²) in [6, 6.07) is 2.63. The lowest BCUT2D eigenvalue weighted by molar-refractivity contribution is 0.0904. The summed E-state index contributed by atoms with van der Waals surface area (Å²) < 4.78 is 14.5. The molecule has 0 spiro atoms. The summed E-state index contributed by atoms with van der Waals surface area (Å²) >= 11 is 0. The van der Waals surface area contributed by atoms with Crippen LogP contribution in [-0.2, 0) is 18.3 Å². The Balaban J connectivity index is 1.65. The molecule has 2 aromatic heterocycles. The molecule has 0 radical (unpaired) electrons. The molecule has 2 aromatic rings. The fraction of sp³-hybridized carbons (Fsp3) is 0.438. The number of pyridine rings is 1. The largest absolute Gasteiger partial charge is 0.482 e. The van der Waals surface area contributed by atoms with Crippen LogP contribution in [0.5, 0.6) is 5.75 Å². The molecule has 24 heavy (non-hydrogen) atoms. The average Bonchev–Trinajstić information content (AvgIpc) is 3.20. The number of nitrogens with zero attached hydrogens (tertiary/aromatic N) is 3. The summed E-state index contributed by atoms with van der Waals surface area (Å²) in [6.45, 7) is 3.50. The quantitative estimate of drug-likeness (QED) is 0.844. The number of hydrogen-bond acceptors (Lipinski definition) is 5. The third kappa shape index (κ3) is 3.48. The molecule has 0 saturated carbocycles. The lowest BCUT2D eigenvalue weighted by Gasteiger charge is -2.19. The van der Waals surface area contributed by atoms with E-state index in [1.54, 1.807) is 36.4 Å². The van der Waals surface area contributed by atoms with Crippen LogP contribution in [0.25, 0.3) is 0 Å². The Labute approximate surface area is 139 Å². The lowest BCUT2D eigenvalue weighted by atomic mass is 10.2. The van der Waals surface area contributed by atoms with Gasteiger partial charge in [0, 0.05) is 31.4 Å². The molecular formula is C16H20N4O4. The van der Waals surface area contributed by atoms with Crippen LogP contribution in [0.15, 0.2) is 35.5 Å². The van der Waals surface area contributed by atoms with Crippen molar-refractivity contribution in [1.82, 2.24) is 19.7 Å². The second kappa shape index (κ2) is 6.88. The first-order valence-electron chi connectivity index (χ1n) is 7.81. The van der Waals surface area contributed by atoms with E-state index < -0.39 is 0 Å². The minimum absolute atomic E-state index is 0.231. The van der Waals surface area contributed by atoms with E-state index in [4.69, 9.17) is 9.47 Å². The predicted octanol–water partition coefficient (Wildman–Crippen LogP) is 0.178. The first-order valence-corrected chi connectivity index (χ1v) is 7.81. The summed E-state index contributed by atoms with van der Waals surface area (Å²) in [4.78, 5) is 24.0. The van der Waals surface area contributed by atoms with Gasteiger partial charge >= 0.3 is 0 Å². The first-order chi connectivity index (χ1) is 11.6. The number of rotatable bonds is 5. The smallest absolute Gasteiger partial charge is 0.251 e. The van der Waals surface area contributed by atoms with Crippen molar-refractivity contribution in [3.8, 4) is 5.75 Å². The number of ether oxygens (including phenoxy) is 2. The Kier molecular flexibility index (Phi) is 4.66. The average molecular weight is 332 g/mol. The fourth-order valence-electron chi connectivity index (χ4n) is 2.48. The highest BCUT2D eigenvalue weighted by atomic mass is 16.5. The van der Waals surface area contributed by atoms with E-state index in [1.165, 1.54) is 10.6 Å². The number of aromatic nitrogens is 3. The van der Waals surface area contributed by atoms with Gasteiger partial charge in [0.1, 0.15) is 6.10 Å². The van der Waals surface area contributed by atoms with Gasteiger partial charge in [-0.1, -0.05) is 0 Å². The number of carbonyl (C=O) groups is 1. The number of hydrogen-bond donors (Lipinski definition) is 1. The second-order valence-electron chi connectivity index (χ2n) is 5.67. The Morgan fingerprint density at radius 3 is 3.04 bits per heavy atom. The van der Waals surface area contributed by atoms with Gasteiger partial charge in [0.2, 0.25) is 0 Å². The Morgan fingerprint density at radius 2 is 2.33 bits per heavy atom. The van der Waals surface area contributed by atoms with Crippen molar-refractivity contribution in [2.24, 2.45) is 7.05 Å². The van der Waals surface area contributed by atoms with Gasteiger partial charge in [0.15, 0.2) is 5.75 Å². The zero-order valence-corrected chi connectivity index (χ0v) is 13.6. The number of carbonyl (C=O) groups excluding carboxylic acids is 1. The normalized spacial score (nSPS) is 20.1. The van der Waals surface area contributed by atoms with Gasteiger partial charge in [-0.25, -0.2) is 0 Å². The van der Waals surface area contributed by atoms with Crippen molar-refractivity contribution in [1.29, 1.82) is 0 Å². The minimum Gasteiger partial charge on any atom is -0.482 e. The third-order valence-corrected chi connectivity index (χ3v) is 3.93. The summed E-state index contributed by atoms with van der Waals surface area (Å²) in [5.74, 6) is 0.321. The molecule has 128 valence electrons. The second-order valence-corrected chi connectivity index (χ2v) is 5.67.